The van der Waals surface area contributed by atoms with Crippen LogP contribution in [0, 0.1) is 6.92 Å². The van der Waals surface area contributed by atoms with Gasteiger partial charge in [0, 0.05) is 11.6 Å². The monoisotopic (exact) mass is 360 g/mol. The quantitative estimate of drug-likeness (QED) is 0.448. The topological polar surface area (TPSA) is 54.0 Å². The zero-order valence-corrected chi connectivity index (χ0v) is 14.0. The van der Waals surface area contributed by atoms with Crippen molar-refractivity contribution in [3.63, 3.8) is 0 Å². The molecule has 0 saturated heterocycles. The summed E-state index contributed by atoms with van der Waals surface area (Å²) < 4.78 is 22.0. The minimum atomic E-state index is 0.390. The first-order valence-corrected chi connectivity index (χ1v) is 7.51. The van der Waals surface area contributed by atoms with Crippen LogP contribution in [0.2, 0.25) is 0 Å². The van der Waals surface area contributed by atoms with Gasteiger partial charge >= 0.3 is 0 Å². The second-order valence-electron chi connectivity index (χ2n) is 4.32. The predicted molar refractivity (Wildman–Crippen MR) is 83.3 cm³/mol. The van der Waals surface area contributed by atoms with Crippen LogP contribution in [0.3, 0.4) is 0 Å². The summed E-state index contributed by atoms with van der Waals surface area (Å²) in [6.45, 7) is 4.92. The minimum absolute atomic E-state index is 0.390. The van der Waals surface area contributed by atoms with Crippen LogP contribution in [0.1, 0.15) is 15.9 Å². The van der Waals surface area contributed by atoms with Gasteiger partial charge in [-0.2, -0.15) is 0 Å². The minimum Gasteiger partial charge on any atom is -0.490 e. The molecule has 0 aliphatic heterocycles. The average molecular weight is 361 g/mol. The lowest BCUT2D eigenvalue weighted by Gasteiger charge is -2.12. The lowest BCUT2D eigenvalue weighted by atomic mass is 10.1. The Morgan fingerprint density at radius 1 is 1.05 bits per heavy atom. The Balaban J connectivity index is 2.23. The first-order chi connectivity index (χ1) is 10.2. The van der Waals surface area contributed by atoms with E-state index in [0.29, 0.717) is 51.0 Å². The lowest BCUT2D eigenvalue weighted by molar-refractivity contribution is 0.0179. The van der Waals surface area contributed by atoms with Crippen LogP contribution in [0.4, 0.5) is 0 Å². The van der Waals surface area contributed by atoms with Crippen molar-refractivity contribution in [3.05, 3.63) is 27.7 Å². The maximum atomic E-state index is 11.0. The Bertz CT molecular complexity index is 436. The van der Waals surface area contributed by atoms with E-state index in [-0.39, 0.29) is 0 Å². The molecule has 0 bridgehead atoms. The fraction of sp³-hybridized carbons (Fsp3) is 0.533. The second-order valence-corrected chi connectivity index (χ2v) is 5.24. The summed E-state index contributed by atoms with van der Waals surface area (Å²) >= 11 is 3.35. The first kappa shape index (κ1) is 18.1. The fourth-order valence-corrected chi connectivity index (χ4v) is 2.30. The van der Waals surface area contributed by atoms with Crippen molar-refractivity contribution in [3.8, 4) is 5.75 Å². The average Bonchev–Trinajstić information content (AvgIpc) is 2.46. The third-order valence-electron chi connectivity index (χ3n) is 2.67. The second kappa shape index (κ2) is 10.7. The molecule has 1 aromatic carbocycles. The largest absolute Gasteiger partial charge is 0.490 e. The highest BCUT2D eigenvalue weighted by atomic mass is 79.9. The molecule has 1 rings (SSSR count). The highest BCUT2D eigenvalue weighted by Crippen LogP contribution is 2.26. The van der Waals surface area contributed by atoms with Crippen molar-refractivity contribution in [2.75, 3.05) is 46.8 Å². The smallest absolute Gasteiger partial charge is 0.153 e. The van der Waals surface area contributed by atoms with E-state index in [1.807, 2.05) is 13.0 Å². The summed E-state index contributed by atoms with van der Waals surface area (Å²) in [4.78, 5) is 11.0. The molecule has 0 spiro atoms. The molecule has 6 heteroatoms. The summed E-state index contributed by atoms with van der Waals surface area (Å²) in [6, 6.07) is 3.65. The van der Waals surface area contributed by atoms with Gasteiger partial charge in [0.2, 0.25) is 0 Å². The highest BCUT2D eigenvalue weighted by molar-refractivity contribution is 9.10. The molecular formula is C15H21BrO5. The van der Waals surface area contributed by atoms with Gasteiger partial charge in [0.05, 0.1) is 38.6 Å². The Labute approximate surface area is 133 Å². The molecule has 5 nitrogen and oxygen atoms in total. The van der Waals surface area contributed by atoms with Gasteiger partial charge in [0.1, 0.15) is 12.4 Å². The molecule has 0 atom stereocenters. The van der Waals surface area contributed by atoms with Crippen LogP contribution < -0.4 is 4.74 Å². The van der Waals surface area contributed by atoms with Crippen LogP contribution in [-0.2, 0) is 14.2 Å². The zero-order chi connectivity index (χ0) is 15.5. The Hall–Kier alpha value is -0.950. The number of benzene rings is 1. The third-order valence-corrected chi connectivity index (χ3v) is 3.13. The number of carbonyl (C=O) groups excluding carboxylic acids is 1. The normalized spacial score (nSPS) is 10.6. The van der Waals surface area contributed by atoms with Crippen molar-refractivity contribution in [2.24, 2.45) is 0 Å². The molecule has 0 aliphatic rings. The maximum absolute atomic E-state index is 11.0. The number of methoxy groups -OCH3 is 1. The molecule has 0 N–H and O–H groups in total. The lowest BCUT2D eigenvalue weighted by Crippen LogP contribution is -2.13. The van der Waals surface area contributed by atoms with E-state index in [4.69, 9.17) is 18.9 Å². The van der Waals surface area contributed by atoms with Gasteiger partial charge in [0.15, 0.2) is 6.29 Å². The van der Waals surface area contributed by atoms with E-state index in [9.17, 15) is 4.79 Å². The number of halogens is 1. The molecule has 1 aromatic rings. The van der Waals surface area contributed by atoms with Gasteiger partial charge in [-0.15, -0.1) is 0 Å². The summed E-state index contributed by atoms with van der Waals surface area (Å²) in [5.74, 6) is 0.605. The van der Waals surface area contributed by atoms with Gasteiger partial charge in [-0.25, -0.2) is 0 Å². The third kappa shape index (κ3) is 7.04. The van der Waals surface area contributed by atoms with Crippen molar-refractivity contribution in [2.45, 2.75) is 6.92 Å². The van der Waals surface area contributed by atoms with Crippen molar-refractivity contribution < 1.29 is 23.7 Å². The SMILES string of the molecule is COCCOCCOCCOc1c(C)cc(Br)cc1C=O. The standard InChI is InChI=1S/C15H21BrO5/c1-12-9-14(16)10-13(11-17)15(12)21-8-7-20-6-5-19-4-3-18-2/h9-11H,3-8H2,1-2H3. The van der Waals surface area contributed by atoms with Crippen LogP contribution in [0.5, 0.6) is 5.75 Å². The number of aryl methyl sites for hydroxylation is 1. The van der Waals surface area contributed by atoms with Crippen LogP contribution in [-0.4, -0.2) is 53.0 Å². The van der Waals surface area contributed by atoms with Crippen LogP contribution in [0.15, 0.2) is 16.6 Å². The maximum Gasteiger partial charge on any atom is 0.153 e. The van der Waals surface area contributed by atoms with Crippen molar-refractivity contribution >= 4 is 22.2 Å². The molecule has 0 aromatic heterocycles. The van der Waals surface area contributed by atoms with E-state index in [0.717, 1.165) is 16.3 Å². The summed E-state index contributed by atoms with van der Waals surface area (Å²) in [6.07, 6.45) is 0.789. The van der Waals surface area contributed by atoms with Crippen LogP contribution >= 0.6 is 15.9 Å². The van der Waals surface area contributed by atoms with Gasteiger partial charge in [-0.3, -0.25) is 4.79 Å². The highest BCUT2D eigenvalue weighted by Gasteiger charge is 2.08. The molecule has 0 aliphatic carbocycles. The molecule has 0 fully saturated rings. The summed E-state index contributed by atoms with van der Waals surface area (Å²) in [5.41, 5.74) is 1.44. The first-order valence-electron chi connectivity index (χ1n) is 6.71. The Morgan fingerprint density at radius 3 is 2.29 bits per heavy atom. The molecule has 0 amide bonds. The molecule has 0 unspecified atom stereocenters. The number of hydrogen-bond acceptors (Lipinski definition) is 5. The molecule has 118 valence electrons. The number of rotatable bonds is 11. The van der Waals surface area contributed by atoms with E-state index >= 15 is 0 Å². The Morgan fingerprint density at radius 2 is 1.67 bits per heavy atom. The zero-order valence-electron chi connectivity index (χ0n) is 12.4. The van der Waals surface area contributed by atoms with Gasteiger partial charge < -0.3 is 18.9 Å². The van der Waals surface area contributed by atoms with Crippen molar-refractivity contribution in [1.82, 2.24) is 0 Å². The van der Waals surface area contributed by atoms with E-state index in [1.165, 1.54) is 0 Å². The molecule has 21 heavy (non-hydrogen) atoms. The van der Waals surface area contributed by atoms with Crippen LogP contribution in [0.25, 0.3) is 0 Å². The predicted octanol–water partition coefficient (Wildman–Crippen LogP) is 2.63. The van der Waals surface area contributed by atoms with Gasteiger partial charge in [0.25, 0.3) is 0 Å². The van der Waals surface area contributed by atoms with E-state index in [2.05, 4.69) is 15.9 Å². The van der Waals surface area contributed by atoms with E-state index < -0.39 is 0 Å². The van der Waals surface area contributed by atoms with Gasteiger partial charge in [-0.05, 0) is 24.6 Å². The fourth-order valence-electron chi connectivity index (χ4n) is 1.71. The number of hydrogen-bond donors (Lipinski definition) is 0. The van der Waals surface area contributed by atoms with Crippen molar-refractivity contribution in [1.29, 1.82) is 0 Å². The van der Waals surface area contributed by atoms with E-state index in [1.54, 1.807) is 13.2 Å². The van der Waals surface area contributed by atoms with Gasteiger partial charge in [-0.1, -0.05) is 15.9 Å². The molecular weight excluding hydrogens is 340 g/mol. The summed E-state index contributed by atoms with van der Waals surface area (Å²) in [7, 11) is 1.63. The number of aldehydes is 1. The molecule has 0 heterocycles. The Kier molecular flexibility index (Phi) is 9.25. The molecule has 0 radical (unpaired) electrons. The number of ether oxygens (including phenoxy) is 4. The molecule has 0 saturated carbocycles. The number of carbonyl (C=O) groups is 1. The summed E-state index contributed by atoms with van der Waals surface area (Å²) in [5, 5.41) is 0.